The summed E-state index contributed by atoms with van der Waals surface area (Å²) in [7, 11) is -7.14. The average Bonchev–Trinajstić information content (AvgIpc) is 2.46. The lowest BCUT2D eigenvalue weighted by atomic mass is 10.0. The Hall–Kier alpha value is -0.960. The highest BCUT2D eigenvalue weighted by atomic mass is 32.2. The van der Waals surface area contributed by atoms with Crippen molar-refractivity contribution in [2.45, 2.75) is 48.8 Å². The molecule has 0 saturated heterocycles. The van der Waals surface area contributed by atoms with Gasteiger partial charge in [-0.15, -0.1) is 0 Å². The molecule has 6 nitrogen and oxygen atoms in total. The Morgan fingerprint density at radius 3 is 2.38 bits per heavy atom. The Balaban J connectivity index is 2.05. The molecule has 1 aliphatic carbocycles. The molecule has 8 heteroatoms. The summed E-state index contributed by atoms with van der Waals surface area (Å²) >= 11 is 0. The van der Waals surface area contributed by atoms with Gasteiger partial charge in [0.2, 0.25) is 20.0 Å². The summed E-state index contributed by atoms with van der Waals surface area (Å²) in [6.07, 6.45) is 4.33. The average molecular weight is 332 g/mol. The molecule has 0 atom stereocenters. The van der Waals surface area contributed by atoms with Crippen LogP contribution in [0.25, 0.3) is 0 Å². The van der Waals surface area contributed by atoms with E-state index in [9.17, 15) is 16.8 Å². The molecule has 2 rings (SSSR count). The molecule has 1 aliphatic rings. The Bertz CT molecular complexity index is 693. The van der Waals surface area contributed by atoms with Gasteiger partial charge in [0.05, 0.1) is 10.1 Å². The molecular weight excluding hydrogens is 312 g/mol. The van der Waals surface area contributed by atoms with Crippen molar-refractivity contribution >= 4 is 20.0 Å². The standard InChI is InChI=1S/C13H20N2O4S2/c14-20(16,17)13-8-4-5-11(9-13)10-15-21(18,19)12-6-2-1-3-7-12/h4-5,8-9,12,15H,1-3,6-7,10H2,(H2,14,16,17). The zero-order valence-corrected chi connectivity index (χ0v) is 13.3. The number of rotatable bonds is 5. The Kier molecular flexibility index (Phi) is 5.03. The highest BCUT2D eigenvalue weighted by Gasteiger charge is 2.26. The van der Waals surface area contributed by atoms with Crippen LogP contribution in [-0.2, 0) is 26.6 Å². The predicted molar refractivity (Wildman–Crippen MR) is 80.4 cm³/mol. The SMILES string of the molecule is NS(=O)(=O)c1cccc(CNS(=O)(=O)C2CCCCC2)c1. The first-order chi connectivity index (χ1) is 9.79. The van der Waals surface area contributed by atoms with E-state index in [1.165, 1.54) is 12.1 Å². The van der Waals surface area contributed by atoms with Crippen molar-refractivity contribution in [2.75, 3.05) is 0 Å². The fourth-order valence-electron chi connectivity index (χ4n) is 2.51. The molecular formula is C13H20N2O4S2. The maximum absolute atomic E-state index is 12.2. The summed E-state index contributed by atoms with van der Waals surface area (Å²) in [5.74, 6) is 0. The second-order valence-corrected chi connectivity index (χ2v) is 8.93. The van der Waals surface area contributed by atoms with Crippen molar-refractivity contribution in [2.24, 2.45) is 5.14 Å². The molecule has 118 valence electrons. The molecule has 0 amide bonds. The highest BCUT2D eigenvalue weighted by Crippen LogP contribution is 2.23. The van der Waals surface area contributed by atoms with E-state index >= 15 is 0 Å². The van der Waals surface area contributed by atoms with Crippen LogP contribution in [0.5, 0.6) is 0 Å². The molecule has 1 fully saturated rings. The van der Waals surface area contributed by atoms with Gasteiger partial charge in [0, 0.05) is 6.54 Å². The molecule has 1 saturated carbocycles. The minimum atomic E-state index is -3.78. The van der Waals surface area contributed by atoms with Gasteiger partial charge in [-0.05, 0) is 30.5 Å². The van der Waals surface area contributed by atoms with Crippen LogP contribution in [0.15, 0.2) is 29.2 Å². The predicted octanol–water partition coefficient (Wildman–Crippen LogP) is 1.09. The van der Waals surface area contributed by atoms with E-state index in [0.29, 0.717) is 18.4 Å². The summed E-state index contributed by atoms with van der Waals surface area (Å²) in [5.41, 5.74) is 0.570. The maximum Gasteiger partial charge on any atom is 0.238 e. The second kappa shape index (κ2) is 6.43. The number of primary sulfonamides is 1. The smallest absolute Gasteiger partial charge is 0.225 e. The zero-order chi connectivity index (χ0) is 15.5. The first kappa shape index (κ1) is 16.4. The lowest BCUT2D eigenvalue weighted by molar-refractivity contribution is 0.477. The van der Waals surface area contributed by atoms with Crippen molar-refractivity contribution in [1.29, 1.82) is 0 Å². The van der Waals surface area contributed by atoms with Crippen molar-refractivity contribution in [3.8, 4) is 0 Å². The summed E-state index contributed by atoms with van der Waals surface area (Å²) in [5, 5.41) is 4.72. The van der Waals surface area contributed by atoms with Crippen LogP contribution in [0.2, 0.25) is 0 Å². The van der Waals surface area contributed by atoms with Gasteiger partial charge >= 0.3 is 0 Å². The van der Waals surface area contributed by atoms with E-state index in [2.05, 4.69) is 4.72 Å². The molecule has 0 bridgehead atoms. The van der Waals surface area contributed by atoms with Crippen molar-refractivity contribution in [3.63, 3.8) is 0 Å². The molecule has 0 unspecified atom stereocenters. The van der Waals surface area contributed by atoms with Crippen LogP contribution < -0.4 is 9.86 Å². The molecule has 3 N–H and O–H groups in total. The highest BCUT2D eigenvalue weighted by molar-refractivity contribution is 7.90. The first-order valence-corrected chi connectivity index (χ1v) is 9.98. The largest absolute Gasteiger partial charge is 0.238 e. The van der Waals surface area contributed by atoms with Crippen molar-refractivity contribution in [3.05, 3.63) is 29.8 Å². The van der Waals surface area contributed by atoms with Crippen LogP contribution in [0.3, 0.4) is 0 Å². The lowest BCUT2D eigenvalue weighted by Gasteiger charge is -2.22. The summed E-state index contributed by atoms with van der Waals surface area (Å²) in [6.45, 7) is 0.0716. The number of sulfonamides is 2. The third-order valence-electron chi connectivity index (χ3n) is 3.70. The molecule has 1 aromatic carbocycles. The van der Waals surface area contributed by atoms with Gasteiger partial charge in [0.15, 0.2) is 0 Å². The maximum atomic E-state index is 12.2. The van der Waals surface area contributed by atoms with Gasteiger partial charge in [0.1, 0.15) is 0 Å². The van der Waals surface area contributed by atoms with Crippen LogP contribution in [0.1, 0.15) is 37.7 Å². The van der Waals surface area contributed by atoms with Gasteiger partial charge in [-0.2, -0.15) is 0 Å². The fraction of sp³-hybridized carbons (Fsp3) is 0.538. The van der Waals surface area contributed by atoms with Gasteiger partial charge in [-0.3, -0.25) is 0 Å². The number of hydrogen-bond donors (Lipinski definition) is 2. The minimum absolute atomic E-state index is 0.0168. The van der Waals surface area contributed by atoms with E-state index in [-0.39, 0.29) is 16.7 Å². The van der Waals surface area contributed by atoms with E-state index in [1.807, 2.05) is 0 Å². The van der Waals surface area contributed by atoms with E-state index in [0.717, 1.165) is 19.3 Å². The minimum Gasteiger partial charge on any atom is -0.225 e. The van der Waals surface area contributed by atoms with Crippen molar-refractivity contribution < 1.29 is 16.8 Å². The summed E-state index contributed by atoms with van der Waals surface area (Å²) < 4.78 is 49.5. The van der Waals surface area contributed by atoms with E-state index in [1.54, 1.807) is 12.1 Å². The lowest BCUT2D eigenvalue weighted by Crippen LogP contribution is -2.35. The molecule has 0 radical (unpaired) electrons. The molecule has 0 spiro atoms. The van der Waals surface area contributed by atoms with Crippen LogP contribution in [0, 0.1) is 0 Å². The van der Waals surface area contributed by atoms with Gasteiger partial charge < -0.3 is 0 Å². The van der Waals surface area contributed by atoms with Crippen LogP contribution in [0.4, 0.5) is 0 Å². The Labute approximate surface area is 125 Å². The third-order valence-corrected chi connectivity index (χ3v) is 6.50. The third kappa shape index (κ3) is 4.50. The Morgan fingerprint density at radius 2 is 1.76 bits per heavy atom. The fourth-order valence-corrected chi connectivity index (χ4v) is 4.65. The quantitative estimate of drug-likeness (QED) is 0.841. The second-order valence-electron chi connectivity index (χ2n) is 5.32. The first-order valence-electron chi connectivity index (χ1n) is 6.89. The summed E-state index contributed by atoms with van der Waals surface area (Å²) in [6, 6.07) is 5.98. The van der Waals surface area contributed by atoms with Gasteiger partial charge in [-0.25, -0.2) is 26.7 Å². The zero-order valence-electron chi connectivity index (χ0n) is 11.7. The molecule has 0 aromatic heterocycles. The summed E-state index contributed by atoms with van der Waals surface area (Å²) in [4.78, 5) is -0.0168. The number of nitrogens with two attached hydrogens (primary N) is 1. The molecule has 1 aromatic rings. The van der Waals surface area contributed by atoms with E-state index in [4.69, 9.17) is 5.14 Å². The van der Waals surface area contributed by atoms with Crippen molar-refractivity contribution in [1.82, 2.24) is 4.72 Å². The normalized spacial score (nSPS) is 17.8. The van der Waals surface area contributed by atoms with Crippen LogP contribution >= 0.6 is 0 Å². The monoisotopic (exact) mass is 332 g/mol. The molecule has 0 aliphatic heterocycles. The Morgan fingerprint density at radius 1 is 1.10 bits per heavy atom. The van der Waals surface area contributed by atoms with Gasteiger partial charge in [0.25, 0.3) is 0 Å². The van der Waals surface area contributed by atoms with Crippen LogP contribution in [-0.4, -0.2) is 22.1 Å². The molecule has 21 heavy (non-hydrogen) atoms. The number of nitrogens with one attached hydrogen (secondary N) is 1. The van der Waals surface area contributed by atoms with Gasteiger partial charge in [-0.1, -0.05) is 31.4 Å². The van der Waals surface area contributed by atoms with E-state index < -0.39 is 20.0 Å². The topological polar surface area (TPSA) is 106 Å². The number of hydrogen-bond acceptors (Lipinski definition) is 4. The molecule has 0 heterocycles. The number of benzene rings is 1.